The molecule has 0 fully saturated rings. The number of carboxylic acid groups (broad SMARTS) is 1. The first-order valence-electron chi connectivity index (χ1n) is 6.59. The van der Waals surface area contributed by atoms with Crippen LogP contribution in [0.2, 0.25) is 0 Å². The molecule has 0 saturated heterocycles. The minimum Gasteiger partial charge on any atom is -0.477 e. The van der Waals surface area contributed by atoms with Gasteiger partial charge in [0, 0.05) is 11.8 Å². The number of benzene rings is 2. The second-order valence-electron chi connectivity index (χ2n) is 4.68. The lowest BCUT2D eigenvalue weighted by Crippen LogP contribution is -1.99. The summed E-state index contributed by atoms with van der Waals surface area (Å²) in [5.41, 5.74) is 4.29. The maximum absolute atomic E-state index is 10.8. The van der Waals surface area contributed by atoms with Gasteiger partial charge in [-0.2, -0.15) is 0 Å². The first-order chi connectivity index (χ1) is 10.2. The van der Waals surface area contributed by atoms with Crippen LogP contribution in [0.4, 0.5) is 0 Å². The fourth-order valence-corrected chi connectivity index (χ4v) is 2.18. The molecule has 3 aromatic rings. The molecule has 0 amide bonds. The molecule has 0 aliphatic carbocycles. The molecule has 1 heterocycles. The summed E-state index contributed by atoms with van der Waals surface area (Å²) in [6.07, 6.45) is 1.58. The van der Waals surface area contributed by atoms with Gasteiger partial charge in [0.15, 0.2) is 0 Å². The number of pyridine rings is 1. The minimum absolute atomic E-state index is 0.0552. The average molecular weight is 275 g/mol. The van der Waals surface area contributed by atoms with Crippen molar-refractivity contribution < 1.29 is 9.90 Å². The zero-order valence-corrected chi connectivity index (χ0v) is 11.2. The van der Waals surface area contributed by atoms with Gasteiger partial charge in [0.25, 0.3) is 0 Å². The Bertz CT molecular complexity index is 747. The molecule has 2 aromatic carbocycles. The highest BCUT2D eigenvalue weighted by atomic mass is 16.4. The molecule has 0 saturated carbocycles. The lowest BCUT2D eigenvalue weighted by Gasteiger charge is -2.05. The van der Waals surface area contributed by atoms with Crippen LogP contribution in [0.1, 0.15) is 10.5 Å². The predicted molar refractivity (Wildman–Crippen MR) is 82.1 cm³/mol. The maximum Gasteiger partial charge on any atom is 0.354 e. The molecule has 1 N–H and O–H groups in total. The fraction of sp³-hybridized carbons (Fsp3) is 0. The Kier molecular flexibility index (Phi) is 3.48. The normalized spacial score (nSPS) is 10.3. The van der Waals surface area contributed by atoms with Gasteiger partial charge in [-0.3, -0.25) is 0 Å². The van der Waals surface area contributed by atoms with Crippen molar-refractivity contribution in [2.45, 2.75) is 0 Å². The van der Waals surface area contributed by atoms with Crippen LogP contribution >= 0.6 is 0 Å². The average Bonchev–Trinajstić information content (AvgIpc) is 2.56. The monoisotopic (exact) mass is 275 g/mol. The van der Waals surface area contributed by atoms with E-state index in [2.05, 4.69) is 29.2 Å². The van der Waals surface area contributed by atoms with E-state index >= 15 is 0 Å². The third-order valence-corrected chi connectivity index (χ3v) is 3.31. The number of hydrogen-bond acceptors (Lipinski definition) is 2. The van der Waals surface area contributed by atoms with E-state index in [-0.39, 0.29) is 5.69 Å². The molecular weight excluding hydrogens is 262 g/mol. The molecule has 3 nitrogen and oxygen atoms in total. The molecule has 1 aromatic heterocycles. The third-order valence-electron chi connectivity index (χ3n) is 3.31. The first kappa shape index (κ1) is 13.1. The largest absolute Gasteiger partial charge is 0.477 e. The molecule has 0 radical (unpaired) electrons. The van der Waals surface area contributed by atoms with Crippen LogP contribution in [-0.4, -0.2) is 16.1 Å². The second-order valence-corrected chi connectivity index (χ2v) is 4.68. The smallest absolute Gasteiger partial charge is 0.354 e. The highest BCUT2D eigenvalue weighted by Crippen LogP contribution is 2.24. The van der Waals surface area contributed by atoms with E-state index in [1.54, 1.807) is 12.3 Å². The number of nitrogens with zero attached hydrogens (tertiary/aromatic N) is 1. The van der Waals surface area contributed by atoms with Crippen molar-refractivity contribution in [3.63, 3.8) is 0 Å². The Morgan fingerprint density at radius 3 is 1.76 bits per heavy atom. The van der Waals surface area contributed by atoms with Gasteiger partial charge in [-0.1, -0.05) is 60.7 Å². The summed E-state index contributed by atoms with van der Waals surface area (Å²) in [5, 5.41) is 8.85. The molecule has 3 heteroatoms. The third kappa shape index (κ3) is 2.82. The molecule has 3 rings (SSSR count). The number of carboxylic acids is 1. The molecular formula is C18H13NO2. The Morgan fingerprint density at radius 2 is 1.24 bits per heavy atom. The number of carbonyl (C=O) groups is 1. The Labute approximate surface area is 122 Å². The van der Waals surface area contributed by atoms with E-state index < -0.39 is 5.97 Å². The van der Waals surface area contributed by atoms with E-state index in [4.69, 9.17) is 5.11 Å². The van der Waals surface area contributed by atoms with Crippen molar-refractivity contribution in [3.05, 3.63) is 78.6 Å². The Hall–Kier alpha value is -2.94. The summed E-state index contributed by atoms with van der Waals surface area (Å²) in [4.78, 5) is 14.7. The lowest BCUT2D eigenvalue weighted by atomic mass is 10.0. The summed E-state index contributed by atoms with van der Waals surface area (Å²) in [5.74, 6) is -1.01. The topological polar surface area (TPSA) is 50.2 Å². The van der Waals surface area contributed by atoms with Crippen molar-refractivity contribution in [1.82, 2.24) is 4.98 Å². The lowest BCUT2D eigenvalue weighted by molar-refractivity contribution is 0.0690. The van der Waals surface area contributed by atoms with E-state index in [1.165, 1.54) is 11.6 Å². The molecule has 0 spiro atoms. The van der Waals surface area contributed by atoms with E-state index in [1.807, 2.05) is 30.3 Å². The van der Waals surface area contributed by atoms with E-state index in [9.17, 15) is 4.79 Å². The van der Waals surface area contributed by atoms with Gasteiger partial charge < -0.3 is 5.11 Å². The predicted octanol–water partition coefficient (Wildman–Crippen LogP) is 4.11. The number of aromatic carboxylic acids is 1. The van der Waals surface area contributed by atoms with Crippen LogP contribution in [0.15, 0.2) is 72.9 Å². The van der Waals surface area contributed by atoms with Gasteiger partial charge in [-0.15, -0.1) is 0 Å². The minimum atomic E-state index is -1.01. The molecule has 0 aliphatic heterocycles. The van der Waals surface area contributed by atoms with Crippen molar-refractivity contribution in [2.24, 2.45) is 0 Å². The highest BCUT2D eigenvalue weighted by Gasteiger charge is 2.05. The number of aromatic nitrogens is 1. The van der Waals surface area contributed by atoms with Gasteiger partial charge in [0.1, 0.15) is 5.69 Å². The van der Waals surface area contributed by atoms with Gasteiger partial charge in [-0.05, 0) is 22.8 Å². The second kappa shape index (κ2) is 5.59. The summed E-state index contributed by atoms with van der Waals surface area (Å²) in [6.45, 7) is 0. The summed E-state index contributed by atoms with van der Waals surface area (Å²) in [6, 6.07) is 21.6. The van der Waals surface area contributed by atoms with E-state index in [0.29, 0.717) is 0 Å². The van der Waals surface area contributed by atoms with Crippen LogP contribution in [0.3, 0.4) is 0 Å². The van der Waals surface area contributed by atoms with Crippen molar-refractivity contribution >= 4 is 5.97 Å². The van der Waals surface area contributed by atoms with Crippen LogP contribution in [-0.2, 0) is 0 Å². The summed E-state index contributed by atoms with van der Waals surface area (Å²) >= 11 is 0. The zero-order valence-electron chi connectivity index (χ0n) is 11.2. The molecule has 0 bridgehead atoms. The molecule has 102 valence electrons. The van der Waals surface area contributed by atoms with Crippen molar-refractivity contribution in [1.29, 1.82) is 0 Å². The van der Waals surface area contributed by atoms with Crippen molar-refractivity contribution in [2.75, 3.05) is 0 Å². The Morgan fingerprint density at radius 1 is 0.714 bits per heavy atom. The number of hydrogen-bond donors (Lipinski definition) is 1. The summed E-state index contributed by atoms with van der Waals surface area (Å²) in [7, 11) is 0. The molecule has 0 aliphatic rings. The van der Waals surface area contributed by atoms with Crippen LogP contribution in [0.25, 0.3) is 22.3 Å². The van der Waals surface area contributed by atoms with E-state index in [0.717, 1.165) is 16.7 Å². The van der Waals surface area contributed by atoms with Gasteiger partial charge in [0.2, 0.25) is 0 Å². The van der Waals surface area contributed by atoms with Gasteiger partial charge >= 0.3 is 5.97 Å². The van der Waals surface area contributed by atoms with Crippen LogP contribution in [0.5, 0.6) is 0 Å². The first-order valence-corrected chi connectivity index (χ1v) is 6.59. The van der Waals surface area contributed by atoms with Crippen LogP contribution in [0, 0.1) is 0 Å². The standard InChI is InChI=1S/C18H13NO2/c20-18(21)17-11-10-16(12-19-17)15-8-6-14(7-9-15)13-4-2-1-3-5-13/h1-12H,(H,20,21). The van der Waals surface area contributed by atoms with Gasteiger partial charge in [0.05, 0.1) is 0 Å². The molecule has 21 heavy (non-hydrogen) atoms. The highest BCUT2D eigenvalue weighted by molar-refractivity contribution is 5.85. The SMILES string of the molecule is O=C(O)c1ccc(-c2ccc(-c3ccccc3)cc2)cn1. The zero-order chi connectivity index (χ0) is 14.7. The fourth-order valence-electron chi connectivity index (χ4n) is 2.18. The molecule has 0 unspecified atom stereocenters. The number of rotatable bonds is 3. The Balaban J connectivity index is 1.89. The van der Waals surface area contributed by atoms with Crippen molar-refractivity contribution in [3.8, 4) is 22.3 Å². The van der Waals surface area contributed by atoms with Crippen LogP contribution < -0.4 is 0 Å². The maximum atomic E-state index is 10.8. The summed E-state index contributed by atoms with van der Waals surface area (Å²) < 4.78 is 0. The quantitative estimate of drug-likeness (QED) is 0.782. The molecule has 0 atom stereocenters. The van der Waals surface area contributed by atoms with Gasteiger partial charge in [-0.25, -0.2) is 9.78 Å².